The Labute approximate surface area is 238 Å². The molecule has 6 rings (SSSR count). The predicted molar refractivity (Wildman–Crippen MR) is 164 cm³/mol. The molecule has 0 unspecified atom stereocenters. The summed E-state index contributed by atoms with van der Waals surface area (Å²) in [5, 5.41) is 8.77. The predicted octanol–water partition coefficient (Wildman–Crippen LogP) is 7.22. The Hall–Kier alpha value is -3.72. The van der Waals surface area contributed by atoms with Crippen LogP contribution in [0.15, 0.2) is 101 Å². The summed E-state index contributed by atoms with van der Waals surface area (Å²) in [4.78, 5) is 30.3. The van der Waals surface area contributed by atoms with Crippen molar-refractivity contribution < 1.29 is 9.59 Å². The lowest BCUT2D eigenvalue weighted by atomic mass is 10.1. The van der Waals surface area contributed by atoms with Crippen molar-refractivity contribution in [1.29, 1.82) is 0 Å². The van der Waals surface area contributed by atoms with E-state index in [1.165, 1.54) is 42.8 Å². The molecule has 2 aliphatic rings. The number of thiazole rings is 1. The second-order valence-corrected chi connectivity index (χ2v) is 10.3. The van der Waals surface area contributed by atoms with Gasteiger partial charge in [0.1, 0.15) is 5.01 Å². The monoisotopic (exact) mass is 558 g/mol. The minimum atomic E-state index is -0.148. The van der Waals surface area contributed by atoms with E-state index in [2.05, 4.69) is 58.8 Å². The van der Waals surface area contributed by atoms with Crippen LogP contribution in [0, 0.1) is 0 Å². The zero-order chi connectivity index (χ0) is 28.2. The molecule has 0 saturated heterocycles. The molecule has 0 bridgehead atoms. The summed E-state index contributed by atoms with van der Waals surface area (Å²) in [5.41, 5.74) is 9.10. The first kappa shape index (κ1) is 29.8. The molecule has 4 aromatic rings. The number of aromatic nitrogens is 1. The summed E-state index contributed by atoms with van der Waals surface area (Å²) in [6, 6.07) is 21.7. The number of benzene rings is 3. The van der Waals surface area contributed by atoms with E-state index in [1.807, 2.05) is 42.8 Å². The maximum absolute atomic E-state index is 12.3. The minimum absolute atomic E-state index is 0.138. The van der Waals surface area contributed by atoms with E-state index in [0.717, 1.165) is 20.7 Å². The first-order valence-electron chi connectivity index (χ1n) is 12.7. The van der Waals surface area contributed by atoms with E-state index in [9.17, 15) is 9.59 Å². The third kappa shape index (κ3) is 7.89. The second kappa shape index (κ2) is 15.0. The van der Waals surface area contributed by atoms with E-state index >= 15 is 0 Å². The molecule has 0 atom stereocenters. The highest BCUT2D eigenvalue weighted by Crippen LogP contribution is 2.41. The van der Waals surface area contributed by atoms with Gasteiger partial charge >= 0.3 is 0 Å². The number of nitrogens with two attached hydrogens (primary N) is 1. The molecule has 0 spiro atoms. The molecule has 3 aromatic carbocycles. The summed E-state index contributed by atoms with van der Waals surface area (Å²) in [7, 11) is 1.50. The topological polar surface area (TPSA) is 97.1 Å². The molecule has 6 nitrogen and oxygen atoms in total. The van der Waals surface area contributed by atoms with Crippen LogP contribution in [-0.4, -0.2) is 30.4 Å². The van der Waals surface area contributed by atoms with Crippen LogP contribution in [0.5, 0.6) is 0 Å². The van der Waals surface area contributed by atoms with Gasteiger partial charge in [-0.25, -0.2) is 4.98 Å². The number of anilines is 1. The van der Waals surface area contributed by atoms with Gasteiger partial charge in [-0.15, -0.1) is 24.5 Å². The molecule has 8 heteroatoms. The molecule has 1 saturated carbocycles. The van der Waals surface area contributed by atoms with E-state index in [1.54, 1.807) is 29.5 Å². The zero-order valence-electron chi connectivity index (χ0n) is 22.3. The van der Waals surface area contributed by atoms with Crippen molar-refractivity contribution in [2.24, 2.45) is 5.73 Å². The molecule has 1 aliphatic carbocycles. The Bertz CT molecular complexity index is 1370. The van der Waals surface area contributed by atoms with Crippen LogP contribution >= 0.6 is 23.1 Å². The molecule has 2 amide bonds. The van der Waals surface area contributed by atoms with E-state index < -0.39 is 0 Å². The van der Waals surface area contributed by atoms with E-state index in [-0.39, 0.29) is 11.8 Å². The Morgan fingerprint density at radius 2 is 1.77 bits per heavy atom. The van der Waals surface area contributed by atoms with Gasteiger partial charge in [0, 0.05) is 39.0 Å². The molecule has 0 radical (unpaired) electrons. The number of fused-ring (bicyclic) bond motifs is 2. The van der Waals surface area contributed by atoms with E-state index in [4.69, 9.17) is 0 Å². The van der Waals surface area contributed by atoms with Crippen molar-refractivity contribution in [2.75, 3.05) is 18.9 Å². The van der Waals surface area contributed by atoms with Crippen molar-refractivity contribution in [1.82, 2.24) is 10.3 Å². The Morgan fingerprint density at radius 3 is 2.41 bits per heavy atom. The lowest BCUT2D eigenvalue weighted by molar-refractivity contribution is 0.0954. The largest absolute Gasteiger partial charge is 0.352 e. The maximum atomic E-state index is 12.3. The molecular weight excluding hydrogens is 525 g/mol. The van der Waals surface area contributed by atoms with Gasteiger partial charge < -0.3 is 16.4 Å². The molecule has 4 N–H and O–H groups in total. The van der Waals surface area contributed by atoms with Crippen LogP contribution in [0.3, 0.4) is 0 Å². The highest BCUT2D eigenvalue weighted by Gasteiger charge is 2.23. The fourth-order valence-electron chi connectivity index (χ4n) is 3.85. The fraction of sp³-hybridized carbons (Fsp3) is 0.194. The van der Waals surface area contributed by atoms with Crippen molar-refractivity contribution in [3.63, 3.8) is 0 Å². The summed E-state index contributed by atoms with van der Waals surface area (Å²) in [6.07, 6.45) is 4.60. The normalized spacial score (nSPS) is 12.7. The highest BCUT2D eigenvalue weighted by atomic mass is 32.2. The SMILES string of the molecule is C=C.CCNC(=O)c1ccc2c(c1)NC(=O)c1ccccc1S2.CN.c1csc(-c2ccc(C3CC3)cc2)n1. The standard InChI is InChI=1S/C16H14N2O2S.C12H11NS.C2H4.CH5N/c1-2-17-15(19)10-7-8-14-12(9-10)18-16(20)11-5-3-4-6-13(11)21-14;1-2-9(1)10-3-5-11(6-4-10)12-13-7-8-14-12;2*1-2/h3-9H,2H2,1H3,(H,17,19)(H,18,20);3-9H,1-2H2;1-2H2;2H2,1H3. The molecule has 39 heavy (non-hydrogen) atoms. The first-order valence-corrected chi connectivity index (χ1v) is 14.4. The van der Waals surface area contributed by atoms with Gasteiger partial charge in [0.2, 0.25) is 0 Å². The number of hydrogen-bond acceptors (Lipinski definition) is 6. The average molecular weight is 559 g/mol. The van der Waals surface area contributed by atoms with Crippen molar-refractivity contribution in [3.05, 3.63) is 108 Å². The summed E-state index contributed by atoms with van der Waals surface area (Å²) in [5.74, 6) is 0.562. The molecule has 202 valence electrons. The van der Waals surface area contributed by atoms with Crippen LogP contribution in [0.4, 0.5) is 5.69 Å². The Morgan fingerprint density at radius 1 is 1.05 bits per heavy atom. The first-order chi connectivity index (χ1) is 19.1. The Balaban J connectivity index is 0.000000202. The number of carbonyl (C=O) groups is 2. The number of nitrogens with zero attached hydrogens (tertiary/aromatic N) is 1. The van der Waals surface area contributed by atoms with Gasteiger partial charge in [0.05, 0.1) is 11.3 Å². The summed E-state index contributed by atoms with van der Waals surface area (Å²) >= 11 is 3.22. The average Bonchev–Trinajstić information content (AvgIpc) is 3.72. The van der Waals surface area contributed by atoms with Gasteiger partial charge in [-0.1, -0.05) is 48.2 Å². The van der Waals surface area contributed by atoms with Crippen LogP contribution in [0.2, 0.25) is 0 Å². The quantitative estimate of drug-likeness (QED) is 0.230. The van der Waals surface area contributed by atoms with Crippen LogP contribution in [0.1, 0.15) is 52.0 Å². The van der Waals surface area contributed by atoms with Crippen LogP contribution in [-0.2, 0) is 0 Å². The lowest BCUT2D eigenvalue weighted by Gasteiger charge is -2.08. The summed E-state index contributed by atoms with van der Waals surface area (Å²) in [6.45, 7) is 8.44. The zero-order valence-corrected chi connectivity index (χ0v) is 23.9. The third-order valence-corrected chi connectivity index (χ3v) is 7.79. The van der Waals surface area contributed by atoms with Crippen molar-refractivity contribution in [3.8, 4) is 10.6 Å². The molecule has 2 heterocycles. The maximum Gasteiger partial charge on any atom is 0.256 e. The second-order valence-electron chi connectivity index (χ2n) is 8.36. The number of nitrogens with one attached hydrogen (secondary N) is 2. The van der Waals surface area contributed by atoms with Gasteiger partial charge in [0.25, 0.3) is 11.8 Å². The van der Waals surface area contributed by atoms with Crippen LogP contribution < -0.4 is 16.4 Å². The van der Waals surface area contributed by atoms with Crippen molar-refractivity contribution in [2.45, 2.75) is 35.5 Å². The number of hydrogen-bond donors (Lipinski definition) is 3. The number of amides is 2. The van der Waals surface area contributed by atoms with Gasteiger partial charge in [-0.05, 0) is 68.6 Å². The van der Waals surface area contributed by atoms with Crippen molar-refractivity contribution >= 4 is 40.6 Å². The highest BCUT2D eigenvalue weighted by molar-refractivity contribution is 7.99. The smallest absolute Gasteiger partial charge is 0.256 e. The molecule has 1 aromatic heterocycles. The Kier molecular flexibility index (Phi) is 11.5. The van der Waals surface area contributed by atoms with E-state index in [0.29, 0.717) is 23.4 Å². The van der Waals surface area contributed by atoms with Crippen LogP contribution in [0.25, 0.3) is 10.6 Å². The third-order valence-electron chi connectivity index (χ3n) is 5.82. The number of rotatable bonds is 4. The lowest BCUT2D eigenvalue weighted by Crippen LogP contribution is -2.22. The van der Waals surface area contributed by atoms with Gasteiger partial charge in [-0.2, -0.15) is 0 Å². The van der Waals surface area contributed by atoms with Gasteiger partial charge in [0.15, 0.2) is 0 Å². The minimum Gasteiger partial charge on any atom is -0.352 e. The fourth-order valence-corrected chi connectivity index (χ4v) is 5.51. The molecule has 1 fully saturated rings. The molecule has 1 aliphatic heterocycles. The summed E-state index contributed by atoms with van der Waals surface area (Å²) < 4.78 is 0. The molecular formula is C31H34N4O2S2. The number of carbonyl (C=O) groups excluding carboxylic acids is 2. The van der Waals surface area contributed by atoms with Gasteiger partial charge in [-0.3, -0.25) is 9.59 Å².